The third kappa shape index (κ3) is 3.76. The molecule has 0 bridgehead atoms. The van der Waals surface area contributed by atoms with Crippen LogP contribution in [0.3, 0.4) is 0 Å². The smallest absolute Gasteiger partial charge is 0.222 e. The zero-order chi connectivity index (χ0) is 18.9. The van der Waals surface area contributed by atoms with E-state index < -0.39 is 0 Å². The van der Waals surface area contributed by atoms with Crippen molar-refractivity contribution in [2.45, 2.75) is 31.7 Å². The zero-order valence-electron chi connectivity index (χ0n) is 16.3. The number of benzene rings is 1. The molecule has 1 aromatic carbocycles. The van der Waals surface area contributed by atoms with Gasteiger partial charge in [0, 0.05) is 44.8 Å². The molecule has 2 unspecified atom stereocenters. The molecule has 2 aromatic rings. The summed E-state index contributed by atoms with van der Waals surface area (Å²) in [5, 5.41) is 3.42. The normalized spacial score (nSPS) is 24.5. The minimum absolute atomic E-state index is 0.169. The molecule has 2 saturated heterocycles. The zero-order valence-corrected chi connectivity index (χ0v) is 16.3. The summed E-state index contributed by atoms with van der Waals surface area (Å²) < 4.78 is 13.1. The number of hydrogen-bond acceptors (Lipinski definition) is 5. The van der Waals surface area contributed by atoms with Gasteiger partial charge < -0.3 is 10.2 Å². The van der Waals surface area contributed by atoms with Gasteiger partial charge in [-0.15, -0.1) is 0 Å². The number of nitrogens with one attached hydrogen (secondary N) is 1. The van der Waals surface area contributed by atoms with Crippen LogP contribution in [-0.4, -0.2) is 59.0 Å². The van der Waals surface area contributed by atoms with E-state index in [1.165, 1.54) is 42.8 Å². The second-order valence-corrected chi connectivity index (χ2v) is 8.47. The van der Waals surface area contributed by atoms with Crippen molar-refractivity contribution < 1.29 is 4.39 Å². The molecule has 1 aromatic heterocycles. The van der Waals surface area contributed by atoms with Crippen LogP contribution in [0.5, 0.6) is 0 Å². The summed E-state index contributed by atoms with van der Waals surface area (Å²) in [4.78, 5) is 14.4. The minimum atomic E-state index is -0.169. The molecule has 2 atom stereocenters. The first-order chi connectivity index (χ1) is 13.7. The van der Waals surface area contributed by atoms with E-state index in [4.69, 9.17) is 4.98 Å². The van der Waals surface area contributed by atoms with Gasteiger partial charge in [-0.2, -0.15) is 0 Å². The quantitative estimate of drug-likeness (QED) is 0.834. The molecule has 28 heavy (non-hydrogen) atoms. The number of halogens is 1. The number of hydrogen-bond donors (Lipinski definition) is 1. The third-order valence-corrected chi connectivity index (χ3v) is 6.48. The summed E-state index contributed by atoms with van der Waals surface area (Å²) in [6, 6.07) is 6.88. The van der Waals surface area contributed by atoms with Gasteiger partial charge in [0.25, 0.3) is 0 Å². The average molecular weight is 381 g/mol. The first-order valence-corrected chi connectivity index (χ1v) is 10.5. The first-order valence-electron chi connectivity index (χ1n) is 10.5. The monoisotopic (exact) mass is 381 g/mol. The molecule has 2 fully saturated rings. The molecule has 5 rings (SSSR count). The topological polar surface area (TPSA) is 44.3 Å². The lowest BCUT2D eigenvalue weighted by Gasteiger charge is -2.17. The second-order valence-electron chi connectivity index (χ2n) is 8.47. The summed E-state index contributed by atoms with van der Waals surface area (Å²) in [7, 11) is 0. The highest BCUT2D eigenvalue weighted by molar-refractivity contribution is 5.37. The Bertz CT molecular complexity index is 818. The van der Waals surface area contributed by atoms with E-state index in [9.17, 15) is 4.39 Å². The van der Waals surface area contributed by atoms with Gasteiger partial charge in [0.15, 0.2) is 0 Å². The highest BCUT2D eigenvalue weighted by Crippen LogP contribution is 2.42. The summed E-state index contributed by atoms with van der Waals surface area (Å²) in [5.74, 6) is 1.73. The number of rotatable bonds is 6. The molecule has 3 heterocycles. The average Bonchev–Trinajstić information content (AvgIpc) is 3.40. The van der Waals surface area contributed by atoms with Crippen molar-refractivity contribution in [1.82, 2.24) is 19.8 Å². The molecule has 5 nitrogen and oxygen atoms in total. The lowest BCUT2D eigenvalue weighted by atomic mass is 9.99. The summed E-state index contributed by atoms with van der Waals surface area (Å²) in [6.45, 7) is 7.41. The molecule has 0 amide bonds. The Hall–Kier alpha value is -2.05. The summed E-state index contributed by atoms with van der Waals surface area (Å²) in [5.41, 5.74) is 3.74. The van der Waals surface area contributed by atoms with Crippen LogP contribution in [0.15, 0.2) is 30.5 Å². The third-order valence-electron chi connectivity index (χ3n) is 6.48. The van der Waals surface area contributed by atoms with Crippen LogP contribution in [0, 0.1) is 11.7 Å². The van der Waals surface area contributed by atoms with Gasteiger partial charge in [-0.25, -0.2) is 14.4 Å². The maximum Gasteiger partial charge on any atom is 0.222 e. The Morgan fingerprint density at radius 3 is 2.71 bits per heavy atom. The Balaban J connectivity index is 1.20. The lowest BCUT2D eigenvalue weighted by molar-refractivity contribution is 0.313. The molecular weight excluding hydrogens is 353 g/mol. The molecule has 2 aliphatic heterocycles. The van der Waals surface area contributed by atoms with Crippen molar-refractivity contribution >= 4 is 5.95 Å². The number of likely N-dealkylation sites (tertiary alicyclic amines) is 2. The van der Waals surface area contributed by atoms with Crippen molar-refractivity contribution in [1.29, 1.82) is 0 Å². The van der Waals surface area contributed by atoms with Crippen LogP contribution in [0.2, 0.25) is 0 Å². The van der Waals surface area contributed by atoms with Gasteiger partial charge >= 0.3 is 0 Å². The highest BCUT2D eigenvalue weighted by atomic mass is 19.1. The molecule has 1 aliphatic carbocycles. The maximum atomic E-state index is 13.1. The lowest BCUT2D eigenvalue weighted by Crippen LogP contribution is -2.26. The van der Waals surface area contributed by atoms with Gasteiger partial charge in [0.1, 0.15) is 5.82 Å². The maximum absolute atomic E-state index is 13.1. The number of nitrogens with zero attached hydrogens (tertiary/aromatic N) is 4. The standard InChI is InChI=1S/C22H28FN5/c23-19-5-3-16(4-6-19)13-28-14-18-11-17-12-25-22(26-21(17)20(18)15-28)24-7-10-27-8-1-2-9-27/h3-6,12,18,20H,1-2,7-11,13-15H2,(H,24,25,26). The predicted molar refractivity (Wildman–Crippen MR) is 108 cm³/mol. The van der Waals surface area contributed by atoms with Gasteiger partial charge in [0.05, 0.1) is 5.69 Å². The van der Waals surface area contributed by atoms with Crippen LogP contribution in [0.1, 0.15) is 35.6 Å². The molecular formula is C22H28FN5. The van der Waals surface area contributed by atoms with E-state index in [-0.39, 0.29) is 5.82 Å². The van der Waals surface area contributed by atoms with Crippen molar-refractivity contribution in [3.05, 3.63) is 53.1 Å². The van der Waals surface area contributed by atoms with Gasteiger partial charge in [-0.05, 0) is 61.5 Å². The van der Waals surface area contributed by atoms with Crippen molar-refractivity contribution in [2.24, 2.45) is 5.92 Å². The number of fused-ring (bicyclic) bond motifs is 3. The van der Waals surface area contributed by atoms with Gasteiger partial charge in [-0.1, -0.05) is 12.1 Å². The summed E-state index contributed by atoms with van der Waals surface area (Å²) >= 11 is 0. The first kappa shape index (κ1) is 18.0. The van der Waals surface area contributed by atoms with Crippen LogP contribution in [0.4, 0.5) is 10.3 Å². The number of anilines is 1. The van der Waals surface area contributed by atoms with Gasteiger partial charge in [-0.3, -0.25) is 4.90 Å². The van der Waals surface area contributed by atoms with E-state index in [0.717, 1.165) is 45.1 Å². The summed E-state index contributed by atoms with van der Waals surface area (Å²) in [6.07, 6.45) is 5.76. The SMILES string of the molecule is Fc1ccc(CN2CC3Cc4cnc(NCCN5CCCC5)nc4C3C2)cc1. The Morgan fingerprint density at radius 2 is 1.89 bits per heavy atom. The van der Waals surface area contributed by atoms with Crippen molar-refractivity contribution in [3.8, 4) is 0 Å². The van der Waals surface area contributed by atoms with Crippen LogP contribution < -0.4 is 5.32 Å². The minimum Gasteiger partial charge on any atom is -0.353 e. The fourth-order valence-corrected chi connectivity index (χ4v) is 5.05. The predicted octanol–water partition coefficient (Wildman–Crippen LogP) is 2.90. The molecule has 6 heteroatoms. The van der Waals surface area contributed by atoms with Crippen molar-refractivity contribution in [3.63, 3.8) is 0 Å². The largest absolute Gasteiger partial charge is 0.353 e. The van der Waals surface area contributed by atoms with Crippen LogP contribution >= 0.6 is 0 Å². The number of aromatic nitrogens is 2. The fraction of sp³-hybridized carbons (Fsp3) is 0.545. The molecule has 148 valence electrons. The van der Waals surface area contributed by atoms with E-state index >= 15 is 0 Å². The van der Waals surface area contributed by atoms with E-state index in [2.05, 4.69) is 20.1 Å². The molecule has 0 radical (unpaired) electrons. The Kier molecular flexibility index (Phi) is 4.99. The second kappa shape index (κ2) is 7.76. The highest BCUT2D eigenvalue weighted by Gasteiger charge is 2.41. The Labute approximate surface area is 166 Å². The van der Waals surface area contributed by atoms with Crippen molar-refractivity contribution in [2.75, 3.05) is 44.6 Å². The van der Waals surface area contributed by atoms with E-state index in [1.807, 2.05) is 18.3 Å². The van der Waals surface area contributed by atoms with Crippen LogP contribution in [-0.2, 0) is 13.0 Å². The molecule has 3 aliphatic rings. The fourth-order valence-electron chi connectivity index (χ4n) is 5.05. The van der Waals surface area contributed by atoms with E-state index in [0.29, 0.717) is 11.8 Å². The van der Waals surface area contributed by atoms with Gasteiger partial charge in [0.2, 0.25) is 5.95 Å². The Morgan fingerprint density at radius 1 is 1.07 bits per heavy atom. The van der Waals surface area contributed by atoms with E-state index in [1.54, 1.807) is 12.1 Å². The molecule has 1 N–H and O–H groups in total. The molecule has 0 saturated carbocycles. The van der Waals surface area contributed by atoms with Crippen LogP contribution in [0.25, 0.3) is 0 Å². The molecule has 0 spiro atoms.